The minimum absolute atomic E-state index is 0.0812. The Kier molecular flexibility index (Phi) is 9.33. The molecule has 3 aromatic rings. The van der Waals surface area contributed by atoms with Crippen LogP contribution in [-0.2, 0) is 16.0 Å². The Labute approximate surface area is 226 Å². The Bertz CT molecular complexity index is 1200. The van der Waals surface area contributed by atoms with E-state index in [2.05, 4.69) is 26.8 Å². The number of aliphatic hydroxyl groups is 1. The van der Waals surface area contributed by atoms with E-state index in [4.69, 9.17) is 19.6 Å². The summed E-state index contributed by atoms with van der Waals surface area (Å²) in [6.07, 6.45) is 1.12. The molecule has 1 aliphatic rings. The molecule has 1 aliphatic heterocycles. The van der Waals surface area contributed by atoms with Gasteiger partial charge in [-0.25, -0.2) is 10.4 Å². The smallest absolute Gasteiger partial charge is 0.266 e. The molecule has 0 aromatic heterocycles. The fraction of sp³-hybridized carbons (Fsp3) is 0.310. The van der Waals surface area contributed by atoms with Crippen LogP contribution in [0.25, 0.3) is 0 Å². The van der Waals surface area contributed by atoms with Crippen molar-refractivity contribution in [2.75, 3.05) is 19.8 Å². The molecule has 0 spiro atoms. The van der Waals surface area contributed by atoms with Crippen LogP contribution in [0.2, 0.25) is 0 Å². The summed E-state index contributed by atoms with van der Waals surface area (Å²) in [6, 6.07) is 25.0. The Morgan fingerprint density at radius 2 is 1.81 bits per heavy atom. The van der Waals surface area contributed by atoms with Gasteiger partial charge in [-0.3, -0.25) is 10.2 Å². The van der Waals surface area contributed by atoms with E-state index in [0.29, 0.717) is 37.6 Å². The van der Waals surface area contributed by atoms with Crippen molar-refractivity contribution in [3.8, 4) is 5.75 Å². The number of halogens is 1. The van der Waals surface area contributed by atoms with E-state index in [9.17, 15) is 4.79 Å². The van der Waals surface area contributed by atoms with E-state index in [1.54, 1.807) is 0 Å². The molecule has 0 aliphatic carbocycles. The molecule has 37 heavy (non-hydrogen) atoms. The van der Waals surface area contributed by atoms with Gasteiger partial charge in [0.2, 0.25) is 5.90 Å². The highest BCUT2D eigenvalue weighted by Gasteiger charge is 2.53. The highest BCUT2D eigenvalue weighted by atomic mass is 79.9. The number of hydrazine groups is 1. The number of rotatable bonds is 12. The summed E-state index contributed by atoms with van der Waals surface area (Å²) in [5.41, 5.74) is 7.22. The fourth-order valence-corrected chi connectivity index (χ4v) is 4.72. The molecule has 0 saturated carbocycles. The number of nitrogens with one attached hydrogen (secondary N) is 2. The van der Waals surface area contributed by atoms with E-state index >= 15 is 0 Å². The fourth-order valence-electron chi connectivity index (χ4n) is 4.23. The van der Waals surface area contributed by atoms with Crippen molar-refractivity contribution in [2.24, 2.45) is 4.99 Å². The third kappa shape index (κ3) is 6.39. The highest BCUT2D eigenvalue weighted by Crippen LogP contribution is 2.44. The van der Waals surface area contributed by atoms with Crippen LogP contribution in [0.4, 0.5) is 0 Å². The molecule has 3 N–H and O–H groups in total. The number of hydrogen-bond donors (Lipinski definition) is 3. The molecule has 0 unspecified atom stereocenters. The number of carbonyl (C=O) groups excluding carboxylic acids is 1. The summed E-state index contributed by atoms with van der Waals surface area (Å²) < 4.78 is 13.0. The third-order valence-corrected chi connectivity index (χ3v) is 6.83. The zero-order chi connectivity index (χ0) is 26.1. The normalized spacial score (nSPS) is 18.7. The molecular formula is C29H32BrN3O4. The number of benzene rings is 3. The van der Waals surface area contributed by atoms with Crippen LogP contribution in [-0.4, -0.2) is 42.2 Å². The maximum absolute atomic E-state index is 13.9. The zero-order valence-corrected chi connectivity index (χ0v) is 22.4. The molecule has 7 nitrogen and oxygen atoms in total. The molecule has 2 atom stereocenters. The average Bonchev–Trinajstić information content (AvgIpc) is 3.30. The molecule has 0 fully saturated rings. The second-order valence-electron chi connectivity index (χ2n) is 8.85. The van der Waals surface area contributed by atoms with E-state index in [1.165, 1.54) is 0 Å². The van der Waals surface area contributed by atoms with Crippen molar-refractivity contribution in [3.63, 3.8) is 0 Å². The maximum atomic E-state index is 13.9. The topological polar surface area (TPSA) is 92.2 Å². The molecule has 1 amide bonds. The predicted octanol–water partition coefficient (Wildman–Crippen LogP) is 4.74. The summed E-state index contributed by atoms with van der Waals surface area (Å²) in [5.74, 6) is 0.823. The van der Waals surface area contributed by atoms with Crippen molar-refractivity contribution >= 4 is 27.7 Å². The lowest BCUT2D eigenvalue weighted by molar-refractivity contribution is -0.130. The Hall–Kier alpha value is -3.20. The van der Waals surface area contributed by atoms with Crippen LogP contribution in [0.15, 0.2) is 88.3 Å². The number of hydrogen-bond acceptors (Lipinski definition) is 6. The lowest BCUT2D eigenvalue weighted by atomic mass is 9.82. The standard InChI is InChI=1S/C29H32BrN3O4/c1-2-17-31-33-28(35)29(20-21-9-4-3-5-10-21)26(24-11-6-7-12-25(24)30)37-27(32-29)22-13-15-23(16-14-22)36-19-8-18-34/h3-7,9-16,26,31,34H,2,8,17-20H2,1H3,(H,33,35)/t26-,29-/m0/s1. The number of carbonyl (C=O) groups is 1. The van der Waals surface area contributed by atoms with Crippen molar-refractivity contribution in [2.45, 2.75) is 37.8 Å². The van der Waals surface area contributed by atoms with Gasteiger partial charge in [-0.2, -0.15) is 0 Å². The minimum Gasteiger partial charge on any atom is -0.494 e. The second-order valence-corrected chi connectivity index (χ2v) is 9.71. The van der Waals surface area contributed by atoms with Crippen molar-refractivity contribution in [1.29, 1.82) is 0 Å². The molecular weight excluding hydrogens is 534 g/mol. The van der Waals surface area contributed by atoms with Crippen LogP contribution in [0, 0.1) is 0 Å². The summed E-state index contributed by atoms with van der Waals surface area (Å²) in [4.78, 5) is 18.9. The monoisotopic (exact) mass is 565 g/mol. The number of nitrogens with zero attached hydrogens (tertiary/aromatic N) is 1. The van der Waals surface area contributed by atoms with E-state index in [0.717, 1.165) is 27.6 Å². The van der Waals surface area contributed by atoms with Gasteiger partial charge in [-0.05, 0) is 42.3 Å². The lowest BCUT2D eigenvalue weighted by Crippen LogP contribution is -2.54. The minimum atomic E-state index is -1.25. The summed E-state index contributed by atoms with van der Waals surface area (Å²) in [6.45, 7) is 3.19. The maximum Gasteiger partial charge on any atom is 0.266 e. The number of aliphatic imine (C=N–C) groups is 1. The van der Waals surface area contributed by atoms with E-state index in [-0.39, 0.29) is 12.5 Å². The van der Waals surface area contributed by atoms with E-state index < -0.39 is 11.6 Å². The molecule has 4 rings (SSSR count). The summed E-state index contributed by atoms with van der Waals surface area (Å²) >= 11 is 3.66. The first kappa shape index (κ1) is 26.9. The number of aliphatic hydroxyl groups excluding tert-OH is 1. The largest absolute Gasteiger partial charge is 0.494 e. The van der Waals surface area contributed by atoms with Crippen molar-refractivity contribution in [1.82, 2.24) is 10.9 Å². The van der Waals surface area contributed by atoms with Crippen molar-refractivity contribution < 1.29 is 19.4 Å². The van der Waals surface area contributed by atoms with Crippen LogP contribution >= 0.6 is 15.9 Å². The van der Waals surface area contributed by atoms with Crippen LogP contribution in [0.5, 0.6) is 5.75 Å². The first-order valence-electron chi connectivity index (χ1n) is 12.5. The van der Waals surface area contributed by atoms with Gasteiger partial charge in [0.1, 0.15) is 5.75 Å². The van der Waals surface area contributed by atoms with Crippen LogP contribution in [0.1, 0.15) is 42.6 Å². The van der Waals surface area contributed by atoms with Crippen molar-refractivity contribution in [3.05, 3.63) is 100 Å². The van der Waals surface area contributed by atoms with Gasteiger partial charge < -0.3 is 14.6 Å². The van der Waals surface area contributed by atoms with Gasteiger partial charge in [0, 0.05) is 41.6 Å². The van der Waals surface area contributed by atoms with E-state index in [1.807, 2.05) is 85.8 Å². The van der Waals surface area contributed by atoms with Gasteiger partial charge in [0.15, 0.2) is 11.6 Å². The zero-order valence-electron chi connectivity index (χ0n) is 20.8. The molecule has 194 valence electrons. The van der Waals surface area contributed by atoms with Crippen LogP contribution < -0.4 is 15.6 Å². The molecule has 0 saturated heterocycles. The van der Waals surface area contributed by atoms with Gasteiger partial charge in [-0.1, -0.05) is 71.4 Å². The lowest BCUT2D eigenvalue weighted by Gasteiger charge is -2.31. The first-order valence-corrected chi connectivity index (χ1v) is 13.3. The van der Waals surface area contributed by atoms with Gasteiger partial charge in [0.05, 0.1) is 6.61 Å². The molecule has 0 radical (unpaired) electrons. The SMILES string of the molecule is CCCNNC(=O)[C@@]1(Cc2ccccc2)N=C(c2ccc(OCCCO)cc2)O[C@H]1c1ccccc1Br. The third-order valence-electron chi connectivity index (χ3n) is 6.11. The number of ether oxygens (including phenoxy) is 2. The Balaban J connectivity index is 1.76. The Morgan fingerprint density at radius 3 is 2.51 bits per heavy atom. The second kappa shape index (κ2) is 12.9. The predicted molar refractivity (Wildman–Crippen MR) is 147 cm³/mol. The summed E-state index contributed by atoms with van der Waals surface area (Å²) in [5, 5.41) is 8.99. The van der Waals surface area contributed by atoms with Gasteiger partial charge >= 0.3 is 0 Å². The summed E-state index contributed by atoms with van der Waals surface area (Å²) in [7, 11) is 0. The first-order chi connectivity index (χ1) is 18.1. The molecule has 3 aromatic carbocycles. The van der Waals surface area contributed by atoms with Crippen LogP contribution in [0.3, 0.4) is 0 Å². The molecule has 8 heteroatoms. The molecule has 1 heterocycles. The average molecular weight is 566 g/mol. The highest BCUT2D eigenvalue weighted by molar-refractivity contribution is 9.10. The Morgan fingerprint density at radius 1 is 1.08 bits per heavy atom. The quantitative estimate of drug-likeness (QED) is 0.218. The van der Waals surface area contributed by atoms with Gasteiger partial charge in [-0.15, -0.1) is 0 Å². The number of amides is 1. The van der Waals surface area contributed by atoms with Gasteiger partial charge in [0.25, 0.3) is 5.91 Å². The molecule has 0 bridgehead atoms.